The van der Waals surface area contributed by atoms with E-state index in [1.54, 1.807) is 0 Å². The number of hydrogen-bond donors (Lipinski definition) is 0. The number of benzene rings is 4. The van der Waals surface area contributed by atoms with Crippen molar-refractivity contribution in [2.45, 2.75) is 12.8 Å². The van der Waals surface area contributed by atoms with E-state index >= 15 is 0 Å². The molecule has 2 heteroatoms. The molecule has 0 fully saturated rings. The second kappa shape index (κ2) is 7.04. The van der Waals surface area contributed by atoms with E-state index in [0.717, 1.165) is 18.7 Å². The van der Waals surface area contributed by atoms with Gasteiger partial charge in [-0.15, -0.1) is 0 Å². The number of allylic oxidation sites excluding steroid dienone is 4. The summed E-state index contributed by atoms with van der Waals surface area (Å²) in [6.07, 6.45) is 10.8. The molecule has 35 heavy (non-hydrogen) atoms. The summed E-state index contributed by atoms with van der Waals surface area (Å²) in [5.74, 6) is 0.954. The fourth-order valence-electron chi connectivity index (χ4n) is 6.24. The maximum Gasteiger partial charge on any atom is 0.137 e. The highest BCUT2D eigenvalue weighted by Crippen LogP contribution is 2.50. The standard InChI is InChI=1S/C33H22N2/c1-2-9-21(10-3-1)22-16-17-27-24-12-5-4-11-23(24)25-13-8-14-28-32(25)33-29(19-18-26(22)31(27)33)35(28)30-15-6-7-20-34-30/h1-2,4-9,11-20H,3,10H2. The summed E-state index contributed by atoms with van der Waals surface area (Å²) in [6.45, 7) is 0. The van der Waals surface area contributed by atoms with Crippen LogP contribution in [-0.4, -0.2) is 9.55 Å². The predicted octanol–water partition coefficient (Wildman–Crippen LogP) is 8.71. The van der Waals surface area contributed by atoms with Crippen LogP contribution in [0.15, 0.2) is 109 Å². The van der Waals surface area contributed by atoms with Crippen LogP contribution < -0.4 is 0 Å². The number of nitrogens with zero attached hydrogens (tertiary/aromatic N) is 2. The molecule has 0 unspecified atom stereocenters. The summed E-state index contributed by atoms with van der Waals surface area (Å²) in [5.41, 5.74) is 10.4. The molecule has 164 valence electrons. The molecule has 4 aromatic carbocycles. The third-order valence-corrected chi connectivity index (χ3v) is 7.68. The number of aromatic nitrogens is 2. The van der Waals surface area contributed by atoms with Gasteiger partial charge in [-0.1, -0.05) is 78.9 Å². The molecule has 2 nitrogen and oxygen atoms in total. The molecule has 0 bridgehead atoms. The van der Waals surface area contributed by atoms with E-state index in [9.17, 15) is 0 Å². The van der Waals surface area contributed by atoms with E-state index in [0.29, 0.717) is 0 Å². The zero-order chi connectivity index (χ0) is 22.9. The summed E-state index contributed by atoms with van der Waals surface area (Å²) in [5, 5.41) is 5.34. The second-order valence-corrected chi connectivity index (χ2v) is 9.47. The van der Waals surface area contributed by atoms with Gasteiger partial charge in [0.05, 0.1) is 11.0 Å². The molecule has 0 aliphatic heterocycles. The van der Waals surface area contributed by atoms with Crippen LogP contribution in [0.1, 0.15) is 18.4 Å². The van der Waals surface area contributed by atoms with E-state index in [1.807, 2.05) is 12.3 Å². The Morgan fingerprint density at radius 1 is 0.600 bits per heavy atom. The first-order valence-electron chi connectivity index (χ1n) is 12.3. The minimum absolute atomic E-state index is 0.954. The molecule has 2 heterocycles. The van der Waals surface area contributed by atoms with E-state index in [4.69, 9.17) is 4.98 Å². The molecule has 0 saturated heterocycles. The fraction of sp³-hybridized carbons (Fsp3) is 0.0606. The molecule has 0 N–H and O–H groups in total. The average Bonchev–Trinajstić information content (AvgIpc) is 3.21. The lowest BCUT2D eigenvalue weighted by Crippen LogP contribution is -1.97. The first-order chi connectivity index (χ1) is 17.4. The zero-order valence-corrected chi connectivity index (χ0v) is 19.2. The third-order valence-electron chi connectivity index (χ3n) is 7.68. The van der Waals surface area contributed by atoms with Crippen LogP contribution in [0, 0.1) is 0 Å². The van der Waals surface area contributed by atoms with Gasteiger partial charge >= 0.3 is 0 Å². The summed E-state index contributed by atoms with van der Waals surface area (Å²) in [6, 6.07) is 31.1. The molecule has 8 rings (SSSR count). The van der Waals surface area contributed by atoms with Gasteiger partial charge in [-0.05, 0) is 75.9 Å². The Morgan fingerprint density at radius 3 is 2.17 bits per heavy atom. The van der Waals surface area contributed by atoms with E-state index in [2.05, 4.69) is 102 Å². The Balaban J connectivity index is 1.64. The van der Waals surface area contributed by atoms with Gasteiger partial charge in [-0.2, -0.15) is 0 Å². The van der Waals surface area contributed by atoms with Crippen LogP contribution in [0.25, 0.3) is 66.2 Å². The summed E-state index contributed by atoms with van der Waals surface area (Å²) in [7, 11) is 0. The number of fused-ring (bicyclic) bond motifs is 3. The van der Waals surface area contributed by atoms with Crippen LogP contribution in [-0.2, 0) is 0 Å². The monoisotopic (exact) mass is 446 g/mol. The molecule has 0 saturated carbocycles. The van der Waals surface area contributed by atoms with Crippen molar-refractivity contribution in [3.8, 4) is 28.1 Å². The highest BCUT2D eigenvalue weighted by atomic mass is 15.1. The Kier molecular flexibility index (Phi) is 3.81. The van der Waals surface area contributed by atoms with Gasteiger partial charge in [0.1, 0.15) is 5.82 Å². The van der Waals surface area contributed by atoms with Crippen LogP contribution >= 0.6 is 0 Å². The highest BCUT2D eigenvalue weighted by Gasteiger charge is 2.25. The summed E-state index contributed by atoms with van der Waals surface area (Å²) < 4.78 is 2.33. The highest BCUT2D eigenvalue weighted by molar-refractivity contribution is 6.31. The molecule has 0 amide bonds. The minimum Gasteiger partial charge on any atom is -0.294 e. The topological polar surface area (TPSA) is 17.8 Å². The molecule has 0 radical (unpaired) electrons. The molecular formula is C33H22N2. The van der Waals surface area contributed by atoms with Crippen molar-refractivity contribution in [3.05, 3.63) is 115 Å². The van der Waals surface area contributed by atoms with Gasteiger partial charge in [0.2, 0.25) is 0 Å². The van der Waals surface area contributed by atoms with Gasteiger partial charge in [-0.25, -0.2) is 4.98 Å². The van der Waals surface area contributed by atoms with E-state index in [1.165, 1.54) is 66.0 Å². The van der Waals surface area contributed by atoms with Crippen molar-refractivity contribution in [2.75, 3.05) is 0 Å². The van der Waals surface area contributed by atoms with Crippen molar-refractivity contribution >= 4 is 38.2 Å². The number of rotatable bonds is 2. The largest absolute Gasteiger partial charge is 0.294 e. The van der Waals surface area contributed by atoms with Crippen LogP contribution in [0.4, 0.5) is 0 Å². The quantitative estimate of drug-likeness (QED) is 0.260. The molecule has 2 aromatic heterocycles. The maximum atomic E-state index is 4.75. The lowest BCUT2D eigenvalue weighted by molar-refractivity contribution is 1.06. The second-order valence-electron chi connectivity index (χ2n) is 9.47. The van der Waals surface area contributed by atoms with Crippen LogP contribution in [0.3, 0.4) is 0 Å². The van der Waals surface area contributed by atoms with Crippen molar-refractivity contribution < 1.29 is 0 Å². The molecular weight excluding hydrogens is 424 g/mol. The normalized spacial score (nSPS) is 14.1. The average molecular weight is 447 g/mol. The van der Waals surface area contributed by atoms with Gasteiger partial charge in [0, 0.05) is 22.4 Å². The van der Waals surface area contributed by atoms with Crippen molar-refractivity contribution in [2.24, 2.45) is 0 Å². The van der Waals surface area contributed by atoms with Gasteiger partial charge in [0.25, 0.3) is 0 Å². The van der Waals surface area contributed by atoms with Gasteiger partial charge < -0.3 is 0 Å². The minimum atomic E-state index is 0.954. The SMILES string of the molecule is C1=CCCC(c2ccc3c4c2ccc2c4c4c(cccc4n2-c2ccccn2)-c2ccccc2-3)=C1. The first-order valence-corrected chi connectivity index (χ1v) is 12.3. The van der Waals surface area contributed by atoms with Crippen molar-refractivity contribution in [1.29, 1.82) is 0 Å². The van der Waals surface area contributed by atoms with E-state index in [-0.39, 0.29) is 0 Å². The molecule has 6 aromatic rings. The molecule has 2 aliphatic rings. The fourth-order valence-corrected chi connectivity index (χ4v) is 6.24. The van der Waals surface area contributed by atoms with Crippen LogP contribution in [0.5, 0.6) is 0 Å². The third kappa shape index (κ3) is 2.51. The maximum absolute atomic E-state index is 4.75. The Morgan fingerprint density at radius 2 is 1.37 bits per heavy atom. The van der Waals surface area contributed by atoms with Gasteiger partial charge in [-0.3, -0.25) is 4.57 Å². The zero-order valence-electron chi connectivity index (χ0n) is 19.2. The molecule has 0 atom stereocenters. The predicted molar refractivity (Wildman–Crippen MR) is 147 cm³/mol. The molecule has 2 aliphatic carbocycles. The number of hydrogen-bond acceptors (Lipinski definition) is 1. The van der Waals surface area contributed by atoms with Gasteiger partial charge in [0.15, 0.2) is 0 Å². The van der Waals surface area contributed by atoms with Crippen molar-refractivity contribution in [3.63, 3.8) is 0 Å². The molecule has 0 spiro atoms. The smallest absolute Gasteiger partial charge is 0.137 e. The van der Waals surface area contributed by atoms with E-state index < -0.39 is 0 Å². The van der Waals surface area contributed by atoms with Crippen molar-refractivity contribution in [1.82, 2.24) is 9.55 Å². The summed E-state index contributed by atoms with van der Waals surface area (Å²) in [4.78, 5) is 4.75. The summed E-state index contributed by atoms with van der Waals surface area (Å²) >= 11 is 0. The Bertz CT molecular complexity index is 1880. The first kappa shape index (κ1) is 18.9. The Labute approximate surface area is 203 Å². The lowest BCUT2D eigenvalue weighted by atomic mass is 9.87. The number of pyridine rings is 1. The van der Waals surface area contributed by atoms with Crippen LogP contribution in [0.2, 0.25) is 0 Å². The Hall–Kier alpha value is -4.43. The lowest BCUT2D eigenvalue weighted by Gasteiger charge is -2.17.